The largest absolute Gasteiger partial charge is 0.351 e. The lowest BCUT2D eigenvalue weighted by Gasteiger charge is -2.47. The fraction of sp³-hybridized carbons (Fsp3) is 0.619. The molecule has 2 fully saturated rings. The van der Waals surface area contributed by atoms with Gasteiger partial charge in [-0.1, -0.05) is 37.4 Å². The van der Waals surface area contributed by atoms with Gasteiger partial charge in [-0.2, -0.15) is 4.31 Å². The molecular formula is C21H30ClN3O4S. The lowest BCUT2D eigenvalue weighted by Crippen LogP contribution is -2.71. The summed E-state index contributed by atoms with van der Waals surface area (Å²) in [4.78, 5) is 28.2. The molecule has 0 bridgehead atoms. The van der Waals surface area contributed by atoms with Crippen molar-refractivity contribution in [1.29, 1.82) is 0 Å². The number of nitrogens with one attached hydrogen (secondary N) is 1. The first kappa shape index (κ1) is 23.0. The van der Waals surface area contributed by atoms with Crippen molar-refractivity contribution >= 4 is 39.1 Å². The Labute approximate surface area is 183 Å². The van der Waals surface area contributed by atoms with E-state index in [4.69, 9.17) is 11.6 Å². The Balaban J connectivity index is 2.04. The van der Waals surface area contributed by atoms with Gasteiger partial charge in [0.2, 0.25) is 21.8 Å². The zero-order valence-corrected chi connectivity index (χ0v) is 19.4. The van der Waals surface area contributed by atoms with Gasteiger partial charge in [-0.05, 0) is 50.8 Å². The third-order valence-electron chi connectivity index (χ3n) is 6.05. The topological polar surface area (TPSA) is 86.8 Å². The minimum Gasteiger partial charge on any atom is -0.351 e. The van der Waals surface area contributed by atoms with Gasteiger partial charge >= 0.3 is 0 Å². The lowest BCUT2D eigenvalue weighted by atomic mass is 9.93. The van der Waals surface area contributed by atoms with E-state index in [9.17, 15) is 18.0 Å². The second kappa shape index (κ2) is 8.85. The highest BCUT2D eigenvalue weighted by atomic mass is 35.5. The highest BCUT2D eigenvalue weighted by Gasteiger charge is 2.51. The summed E-state index contributed by atoms with van der Waals surface area (Å²) in [7, 11) is -3.64. The number of halogens is 1. The molecule has 2 aliphatic rings. The highest BCUT2D eigenvalue weighted by molar-refractivity contribution is 7.89. The van der Waals surface area contributed by atoms with Gasteiger partial charge in [0, 0.05) is 23.3 Å². The van der Waals surface area contributed by atoms with Crippen LogP contribution < -0.4 is 10.2 Å². The number of hydrogen-bond acceptors (Lipinski definition) is 4. The molecular weight excluding hydrogens is 426 g/mol. The van der Waals surface area contributed by atoms with Crippen LogP contribution in [0.2, 0.25) is 5.02 Å². The van der Waals surface area contributed by atoms with Crippen LogP contribution in [-0.4, -0.2) is 55.0 Å². The standard InChI is InChI=1S/C21H30ClN3O4S/c1-4-12-30(28,29)24-13-19(26)25(18-11-7-10-17(22)15(18)2)21(3,14-24)20(27)23-16-8-5-6-9-16/h7,10-11,16H,4-6,8-9,12-14H2,1-3H3,(H,23,27). The van der Waals surface area contributed by atoms with Crippen LogP contribution >= 0.6 is 11.6 Å². The first-order chi connectivity index (χ1) is 14.1. The molecule has 7 nitrogen and oxygen atoms in total. The van der Waals surface area contributed by atoms with Crippen LogP contribution in [0.5, 0.6) is 0 Å². The van der Waals surface area contributed by atoms with Gasteiger partial charge in [-0.3, -0.25) is 14.5 Å². The van der Waals surface area contributed by atoms with Gasteiger partial charge in [0.25, 0.3) is 0 Å². The zero-order valence-electron chi connectivity index (χ0n) is 17.8. The van der Waals surface area contributed by atoms with Crippen molar-refractivity contribution in [2.45, 2.75) is 64.5 Å². The molecule has 1 saturated carbocycles. The Morgan fingerprint density at radius 2 is 1.97 bits per heavy atom. The number of hydrogen-bond donors (Lipinski definition) is 1. The van der Waals surface area contributed by atoms with Gasteiger partial charge in [0.05, 0.1) is 12.3 Å². The smallest absolute Gasteiger partial charge is 0.247 e. The predicted octanol–water partition coefficient (Wildman–Crippen LogP) is 2.85. The van der Waals surface area contributed by atoms with Gasteiger partial charge in [-0.15, -0.1) is 0 Å². The van der Waals surface area contributed by atoms with Crippen LogP contribution in [0.25, 0.3) is 0 Å². The molecule has 0 radical (unpaired) electrons. The van der Waals surface area contributed by atoms with Crippen molar-refractivity contribution in [1.82, 2.24) is 9.62 Å². The second-order valence-corrected chi connectivity index (χ2v) is 10.9. The van der Waals surface area contributed by atoms with Crippen molar-refractivity contribution < 1.29 is 18.0 Å². The Morgan fingerprint density at radius 1 is 1.30 bits per heavy atom. The summed E-state index contributed by atoms with van der Waals surface area (Å²) in [6, 6.07) is 5.25. The number of nitrogens with zero attached hydrogens (tertiary/aromatic N) is 2. The minimum absolute atomic E-state index is 0.0503. The summed E-state index contributed by atoms with van der Waals surface area (Å²) < 4.78 is 26.7. The Kier molecular flexibility index (Phi) is 6.79. The molecule has 1 aromatic rings. The number of rotatable bonds is 6. The van der Waals surface area contributed by atoms with E-state index in [1.807, 2.05) is 0 Å². The molecule has 1 aliphatic heterocycles. The number of sulfonamides is 1. The fourth-order valence-electron chi connectivity index (χ4n) is 4.37. The van der Waals surface area contributed by atoms with E-state index in [-0.39, 0.29) is 30.8 Å². The molecule has 166 valence electrons. The molecule has 1 heterocycles. The summed E-state index contributed by atoms with van der Waals surface area (Å²) in [6.07, 6.45) is 4.33. The summed E-state index contributed by atoms with van der Waals surface area (Å²) in [6.45, 7) is 4.83. The fourth-order valence-corrected chi connectivity index (χ4v) is 6.07. The number of benzene rings is 1. The molecule has 2 amide bonds. The monoisotopic (exact) mass is 455 g/mol. The van der Waals surface area contributed by atoms with Crippen molar-refractivity contribution in [2.24, 2.45) is 0 Å². The third-order valence-corrected chi connectivity index (χ3v) is 8.43. The lowest BCUT2D eigenvalue weighted by molar-refractivity contribution is -0.133. The van der Waals surface area contributed by atoms with Crippen LogP contribution in [0.4, 0.5) is 5.69 Å². The maximum atomic E-state index is 13.5. The van der Waals surface area contributed by atoms with Gasteiger partial charge < -0.3 is 5.32 Å². The van der Waals surface area contributed by atoms with E-state index in [1.165, 1.54) is 4.90 Å². The number of piperazine rings is 1. The summed E-state index contributed by atoms with van der Waals surface area (Å²) >= 11 is 6.29. The van der Waals surface area contributed by atoms with E-state index in [2.05, 4.69) is 5.32 Å². The van der Waals surface area contributed by atoms with Crippen LogP contribution in [0, 0.1) is 6.92 Å². The summed E-state index contributed by atoms with van der Waals surface area (Å²) in [5.41, 5.74) is -0.171. The van der Waals surface area contributed by atoms with E-state index >= 15 is 0 Å². The number of carbonyl (C=O) groups excluding carboxylic acids is 2. The molecule has 1 aliphatic carbocycles. The molecule has 1 aromatic carbocycles. The van der Waals surface area contributed by atoms with E-state index in [0.29, 0.717) is 22.7 Å². The van der Waals surface area contributed by atoms with Crippen molar-refractivity contribution in [3.63, 3.8) is 0 Å². The molecule has 3 rings (SSSR count). The average molecular weight is 456 g/mol. The van der Waals surface area contributed by atoms with Crippen molar-refractivity contribution in [3.05, 3.63) is 28.8 Å². The summed E-state index contributed by atoms with van der Waals surface area (Å²) in [5, 5.41) is 3.55. The zero-order chi connectivity index (χ0) is 22.1. The molecule has 1 atom stereocenters. The SMILES string of the molecule is CCCS(=O)(=O)N1CC(=O)N(c2cccc(Cl)c2C)C(C)(C(=O)NC2CCCC2)C1. The normalized spacial score (nSPS) is 23.7. The molecule has 1 saturated heterocycles. The van der Waals surface area contributed by atoms with Crippen molar-refractivity contribution in [2.75, 3.05) is 23.7 Å². The van der Waals surface area contributed by atoms with Crippen LogP contribution in [-0.2, 0) is 19.6 Å². The maximum Gasteiger partial charge on any atom is 0.247 e. The van der Waals surface area contributed by atoms with E-state index in [0.717, 1.165) is 30.0 Å². The van der Waals surface area contributed by atoms with Crippen molar-refractivity contribution in [3.8, 4) is 0 Å². The Morgan fingerprint density at radius 3 is 2.60 bits per heavy atom. The first-order valence-corrected chi connectivity index (χ1v) is 12.5. The minimum atomic E-state index is -3.64. The van der Waals surface area contributed by atoms with Gasteiger partial charge in [0.15, 0.2) is 0 Å². The number of amides is 2. The molecule has 1 unspecified atom stereocenters. The molecule has 0 spiro atoms. The Bertz CT molecular complexity index is 930. The van der Waals surface area contributed by atoms with E-state index < -0.39 is 21.5 Å². The number of carbonyl (C=O) groups is 2. The van der Waals surface area contributed by atoms with Gasteiger partial charge in [-0.25, -0.2) is 8.42 Å². The quantitative estimate of drug-likeness (QED) is 0.714. The molecule has 30 heavy (non-hydrogen) atoms. The van der Waals surface area contributed by atoms with Crippen LogP contribution in [0.15, 0.2) is 18.2 Å². The van der Waals surface area contributed by atoms with Crippen LogP contribution in [0.1, 0.15) is 51.5 Å². The second-order valence-electron chi connectivity index (χ2n) is 8.43. The Hall–Kier alpha value is -1.64. The van der Waals surface area contributed by atoms with Gasteiger partial charge in [0.1, 0.15) is 5.54 Å². The number of anilines is 1. The van der Waals surface area contributed by atoms with E-state index in [1.54, 1.807) is 39.0 Å². The molecule has 1 N–H and O–H groups in total. The summed E-state index contributed by atoms with van der Waals surface area (Å²) in [5.74, 6) is -0.828. The predicted molar refractivity (Wildman–Crippen MR) is 118 cm³/mol. The molecule has 0 aromatic heterocycles. The first-order valence-electron chi connectivity index (χ1n) is 10.5. The third kappa shape index (κ3) is 4.36. The van der Waals surface area contributed by atoms with Crippen LogP contribution in [0.3, 0.4) is 0 Å². The average Bonchev–Trinajstić information content (AvgIpc) is 3.17. The molecule has 9 heteroatoms. The maximum absolute atomic E-state index is 13.5. The highest BCUT2D eigenvalue weighted by Crippen LogP contribution is 2.35.